The van der Waals surface area contributed by atoms with Crippen LogP contribution in [0.5, 0.6) is 0 Å². The summed E-state index contributed by atoms with van der Waals surface area (Å²) in [5, 5.41) is 0.676. The lowest BCUT2D eigenvalue weighted by molar-refractivity contribution is 0.0899. The lowest BCUT2D eigenvalue weighted by atomic mass is 10.0. The van der Waals surface area contributed by atoms with Crippen LogP contribution in [0.25, 0.3) is 0 Å². The Labute approximate surface area is 99.9 Å². The van der Waals surface area contributed by atoms with Gasteiger partial charge in [-0.25, -0.2) is 0 Å². The van der Waals surface area contributed by atoms with Crippen molar-refractivity contribution in [3.8, 4) is 0 Å². The van der Waals surface area contributed by atoms with E-state index in [-0.39, 0.29) is 5.78 Å². The molecule has 0 spiro atoms. The molecular formula is C13H13ClO2. The van der Waals surface area contributed by atoms with Crippen LogP contribution in [0.3, 0.4) is 0 Å². The van der Waals surface area contributed by atoms with Crippen LogP contribution in [0.15, 0.2) is 30.0 Å². The number of ether oxygens (including phenoxy) is 1. The third-order valence-electron chi connectivity index (χ3n) is 2.58. The number of aryl methyl sites for hydroxylation is 1. The van der Waals surface area contributed by atoms with Crippen molar-refractivity contribution in [2.24, 2.45) is 0 Å². The van der Waals surface area contributed by atoms with Gasteiger partial charge in [-0.2, -0.15) is 0 Å². The highest BCUT2D eigenvalue weighted by Crippen LogP contribution is 2.20. The first-order chi connectivity index (χ1) is 7.68. The van der Waals surface area contributed by atoms with E-state index in [2.05, 4.69) is 0 Å². The van der Waals surface area contributed by atoms with Gasteiger partial charge in [0, 0.05) is 10.6 Å². The second-order valence-electron chi connectivity index (χ2n) is 3.85. The number of hydrogen-bond acceptors (Lipinski definition) is 2. The van der Waals surface area contributed by atoms with Crippen LogP contribution in [0.2, 0.25) is 5.02 Å². The van der Waals surface area contributed by atoms with E-state index in [0.29, 0.717) is 23.0 Å². The maximum absolute atomic E-state index is 12.0. The molecule has 0 saturated heterocycles. The van der Waals surface area contributed by atoms with E-state index in [1.54, 1.807) is 18.2 Å². The Balaban J connectivity index is 2.26. The fraction of sp³-hybridized carbons (Fsp3) is 0.308. The molecule has 0 saturated carbocycles. The SMILES string of the molecule is Cc1cc(C(=O)C2=CCCCO2)ccc1Cl. The Kier molecular flexibility index (Phi) is 3.30. The topological polar surface area (TPSA) is 26.3 Å². The van der Waals surface area contributed by atoms with Gasteiger partial charge in [0.2, 0.25) is 5.78 Å². The molecule has 0 radical (unpaired) electrons. The number of ketones is 1. The van der Waals surface area contributed by atoms with Crippen molar-refractivity contribution in [3.63, 3.8) is 0 Å². The lowest BCUT2D eigenvalue weighted by Gasteiger charge is -2.14. The molecule has 2 nitrogen and oxygen atoms in total. The first-order valence-electron chi connectivity index (χ1n) is 5.32. The van der Waals surface area contributed by atoms with Crippen LogP contribution in [-0.4, -0.2) is 12.4 Å². The smallest absolute Gasteiger partial charge is 0.227 e. The minimum absolute atomic E-state index is 0.0560. The van der Waals surface area contributed by atoms with E-state index in [1.165, 1.54) is 0 Å². The van der Waals surface area contributed by atoms with Crippen LogP contribution >= 0.6 is 11.6 Å². The van der Waals surface area contributed by atoms with Crippen LogP contribution in [0, 0.1) is 6.92 Å². The molecule has 84 valence electrons. The number of benzene rings is 1. The number of carbonyl (C=O) groups excluding carboxylic acids is 1. The van der Waals surface area contributed by atoms with Gasteiger partial charge >= 0.3 is 0 Å². The molecule has 1 heterocycles. The summed E-state index contributed by atoms with van der Waals surface area (Å²) in [4.78, 5) is 12.0. The predicted molar refractivity (Wildman–Crippen MR) is 63.8 cm³/mol. The van der Waals surface area contributed by atoms with Gasteiger partial charge in [-0.3, -0.25) is 4.79 Å². The van der Waals surface area contributed by atoms with Crippen LogP contribution in [0.4, 0.5) is 0 Å². The maximum Gasteiger partial charge on any atom is 0.227 e. The molecule has 0 fully saturated rings. The van der Waals surface area contributed by atoms with E-state index in [1.807, 2.05) is 13.0 Å². The Hall–Kier alpha value is -1.28. The molecule has 1 aliphatic rings. The van der Waals surface area contributed by atoms with Gasteiger partial charge in [0.25, 0.3) is 0 Å². The minimum Gasteiger partial charge on any atom is -0.490 e. The van der Waals surface area contributed by atoms with Gasteiger partial charge in [0.1, 0.15) is 0 Å². The third-order valence-corrected chi connectivity index (χ3v) is 3.00. The van der Waals surface area contributed by atoms with Crippen LogP contribution in [-0.2, 0) is 4.74 Å². The second kappa shape index (κ2) is 4.71. The molecule has 1 aliphatic heterocycles. The van der Waals surface area contributed by atoms with Crippen molar-refractivity contribution in [1.82, 2.24) is 0 Å². The minimum atomic E-state index is -0.0560. The fourth-order valence-corrected chi connectivity index (χ4v) is 1.76. The summed E-state index contributed by atoms with van der Waals surface area (Å²) >= 11 is 5.91. The van der Waals surface area contributed by atoms with E-state index < -0.39 is 0 Å². The second-order valence-corrected chi connectivity index (χ2v) is 4.26. The summed E-state index contributed by atoms with van der Waals surface area (Å²) in [5.41, 5.74) is 1.54. The molecule has 3 heteroatoms. The van der Waals surface area contributed by atoms with E-state index >= 15 is 0 Å². The third kappa shape index (κ3) is 2.27. The Bertz CT molecular complexity index is 449. The first-order valence-corrected chi connectivity index (χ1v) is 5.70. The average Bonchev–Trinajstić information content (AvgIpc) is 2.33. The zero-order chi connectivity index (χ0) is 11.5. The largest absolute Gasteiger partial charge is 0.490 e. The van der Waals surface area contributed by atoms with Crippen LogP contribution < -0.4 is 0 Å². The van der Waals surface area contributed by atoms with Crippen molar-refractivity contribution in [1.29, 1.82) is 0 Å². The van der Waals surface area contributed by atoms with Crippen molar-refractivity contribution in [2.45, 2.75) is 19.8 Å². The molecule has 0 N–H and O–H groups in total. The van der Waals surface area contributed by atoms with Crippen molar-refractivity contribution >= 4 is 17.4 Å². The van der Waals surface area contributed by atoms with E-state index in [9.17, 15) is 4.79 Å². The Morgan fingerprint density at radius 3 is 2.88 bits per heavy atom. The normalized spacial score (nSPS) is 15.2. The summed E-state index contributed by atoms with van der Waals surface area (Å²) in [6.45, 7) is 2.51. The molecule has 0 atom stereocenters. The highest BCUT2D eigenvalue weighted by molar-refractivity contribution is 6.31. The Morgan fingerprint density at radius 1 is 1.44 bits per heavy atom. The average molecular weight is 237 g/mol. The standard InChI is InChI=1S/C13H13ClO2/c1-9-8-10(5-6-11(9)14)13(15)12-4-2-3-7-16-12/h4-6,8H,2-3,7H2,1H3. The lowest BCUT2D eigenvalue weighted by Crippen LogP contribution is -2.11. The monoisotopic (exact) mass is 236 g/mol. The molecule has 2 rings (SSSR count). The molecule has 0 amide bonds. The fourth-order valence-electron chi connectivity index (χ4n) is 1.64. The number of halogens is 1. The zero-order valence-corrected chi connectivity index (χ0v) is 9.88. The first kappa shape index (κ1) is 11.2. The summed E-state index contributed by atoms with van der Waals surface area (Å²) in [5.74, 6) is 0.410. The highest BCUT2D eigenvalue weighted by atomic mass is 35.5. The van der Waals surface area contributed by atoms with Gasteiger partial charge in [0.05, 0.1) is 6.61 Å². The number of allylic oxidation sites excluding steroid dienone is 2. The highest BCUT2D eigenvalue weighted by Gasteiger charge is 2.16. The molecule has 1 aromatic carbocycles. The van der Waals surface area contributed by atoms with Gasteiger partial charge < -0.3 is 4.74 Å². The summed E-state index contributed by atoms with van der Waals surface area (Å²) < 4.78 is 5.34. The number of hydrogen-bond donors (Lipinski definition) is 0. The molecule has 0 bridgehead atoms. The molecule has 0 aliphatic carbocycles. The molecule has 0 unspecified atom stereocenters. The quantitative estimate of drug-likeness (QED) is 0.735. The van der Waals surface area contributed by atoms with Crippen molar-refractivity contribution in [3.05, 3.63) is 46.2 Å². The Morgan fingerprint density at radius 2 is 2.25 bits per heavy atom. The number of Topliss-reactive ketones (excluding diaryl/α,β-unsaturated/α-hetero) is 1. The zero-order valence-electron chi connectivity index (χ0n) is 9.13. The summed E-state index contributed by atoms with van der Waals surface area (Å²) in [6.07, 6.45) is 3.75. The molecule has 16 heavy (non-hydrogen) atoms. The van der Waals surface area contributed by atoms with Crippen molar-refractivity contribution in [2.75, 3.05) is 6.61 Å². The van der Waals surface area contributed by atoms with Gasteiger partial charge in [-0.15, -0.1) is 0 Å². The van der Waals surface area contributed by atoms with E-state index in [0.717, 1.165) is 18.4 Å². The van der Waals surface area contributed by atoms with E-state index in [4.69, 9.17) is 16.3 Å². The van der Waals surface area contributed by atoms with Crippen molar-refractivity contribution < 1.29 is 9.53 Å². The maximum atomic E-state index is 12.0. The molecule has 0 aromatic heterocycles. The summed E-state index contributed by atoms with van der Waals surface area (Å²) in [7, 11) is 0. The molecule has 1 aromatic rings. The van der Waals surface area contributed by atoms with Gasteiger partial charge in [-0.05, 0) is 49.6 Å². The number of rotatable bonds is 2. The molecular weight excluding hydrogens is 224 g/mol. The van der Waals surface area contributed by atoms with Gasteiger partial charge in [0.15, 0.2) is 5.76 Å². The summed E-state index contributed by atoms with van der Waals surface area (Å²) in [6, 6.07) is 5.27. The van der Waals surface area contributed by atoms with Crippen LogP contribution in [0.1, 0.15) is 28.8 Å². The predicted octanol–water partition coefficient (Wildman–Crippen LogP) is 3.53. The van der Waals surface area contributed by atoms with Gasteiger partial charge in [-0.1, -0.05) is 11.6 Å². The number of carbonyl (C=O) groups is 1.